The maximum atomic E-state index is 12.8. The molecule has 1 fully saturated rings. The minimum atomic E-state index is -3.47. The van der Waals surface area contributed by atoms with Gasteiger partial charge in [-0.05, 0) is 46.5 Å². The molecule has 118 valence electrons. The molecular weight excluding hydrogens is 374 g/mol. The molecule has 21 heavy (non-hydrogen) atoms. The van der Waals surface area contributed by atoms with Crippen LogP contribution in [-0.4, -0.2) is 25.8 Å². The Balaban J connectivity index is 2.27. The summed E-state index contributed by atoms with van der Waals surface area (Å²) in [6.07, 6.45) is 6.53. The van der Waals surface area contributed by atoms with Crippen LogP contribution < -0.4 is 0 Å². The summed E-state index contributed by atoms with van der Waals surface area (Å²) in [7, 11) is -1.77. The van der Waals surface area contributed by atoms with E-state index in [0.29, 0.717) is 15.2 Å². The molecule has 1 aromatic rings. The molecule has 0 N–H and O–H groups in total. The molecule has 0 radical (unpaired) electrons. The first-order valence-corrected chi connectivity index (χ1v) is 10.1. The van der Waals surface area contributed by atoms with Crippen LogP contribution in [0.25, 0.3) is 0 Å². The second kappa shape index (κ2) is 7.44. The molecule has 0 bridgehead atoms. The fraction of sp³-hybridized carbons (Fsp3) is 0.600. The summed E-state index contributed by atoms with van der Waals surface area (Å²) in [4.78, 5) is 0.322. The number of nitrogens with zero attached hydrogens (tertiary/aromatic N) is 1. The first kappa shape index (κ1) is 17.3. The topological polar surface area (TPSA) is 37.4 Å². The Labute approximate surface area is 140 Å². The lowest BCUT2D eigenvalue weighted by Crippen LogP contribution is -2.36. The monoisotopic (exact) mass is 393 g/mol. The SMILES string of the molecule is CN(C1CCCCCC1)S(=O)(=O)c1ccc(CCl)cc1Br. The maximum absolute atomic E-state index is 12.8. The van der Waals surface area contributed by atoms with Crippen molar-refractivity contribution in [3.63, 3.8) is 0 Å². The average molecular weight is 395 g/mol. The smallest absolute Gasteiger partial charge is 0.207 e. The van der Waals surface area contributed by atoms with Crippen LogP contribution in [0, 0.1) is 0 Å². The van der Waals surface area contributed by atoms with E-state index in [1.54, 1.807) is 29.6 Å². The van der Waals surface area contributed by atoms with Crippen LogP contribution in [0.3, 0.4) is 0 Å². The van der Waals surface area contributed by atoms with Gasteiger partial charge in [0.2, 0.25) is 10.0 Å². The molecule has 1 aliphatic rings. The van der Waals surface area contributed by atoms with Gasteiger partial charge in [-0.15, -0.1) is 11.6 Å². The third kappa shape index (κ3) is 4.01. The molecule has 1 aliphatic carbocycles. The van der Waals surface area contributed by atoms with Crippen molar-refractivity contribution in [1.82, 2.24) is 4.31 Å². The zero-order valence-corrected chi connectivity index (χ0v) is 15.3. The molecule has 0 aromatic heterocycles. The van der Waals surface area contributed by atoms with Crippen molar-refractivity contribution in [2.75, 3.05) is 7.05 Å². The number of alkyl halides is 1. The van der Waals surface area contributed by atoms with E-state index in [9.17, 15) is 8.42 Å². The Morgan fingerprint density at radius 2 is 1.86 bits per heavy atom. The summed E-state index contributed by atoms with van der Waals surface area (Å²) in [5.74, 6) is 0.372. The second-order valence-electron chi connectivity index (χ2n) is 5.57. The van der Waals surface area contributed by atoms with Gasteiger partial charge in [-0.25, -0.2) is 8.42 Å². The molecule has 1 aromatic carbocycles. The van der Waals surface area contributed by atoms with E-state index >= 15 is 0 Å². The third-order valence-electron chi connectivity index (χ3n) is 4.15. The van der Waals surface area contributed by atoms with Gasteiger partial charge in [-0.1, -0.05) is 31.7 Å². The summed E-state index contributed by atoms with van der Waals surface area (Å²) in [6, 6.07) is 5.30. The molecule has 6 heteroatoms. The van der Waals surface area contributed by atoms with Crippen molar-refractivity contribution in [1.29, 1.82) is 0 Å². The van der Waals surface area contributed by atoms with Crippen LogP contribution in [0.4, 0.5) is 0 Å². The first-order chi connectivity index (χ1) is 9.96. The highest BCUT2D eigenvalue weighted by Crippen LogP contribution is 2.30. The number of sulfonamides is 1. The Morgan fingerprint density at radius 3 is 2.38 bits per heavy atom. The molecule has 0 heterocycles. The van der Waals surface area contributed by atoms with Crippen molar-refractivity contribution in [2.45, 2.75) is 55.3 Å². The predicted molar refractivity (Wildman–Crippen MR) is 90.1 cm³/mol. The van der Waals surface area contributed by atoms with E-state index in [0.717, 1.165) is 31.2 Å². The lowest BCUT2D eigenvalue weighted by atomic mass is 10.1. The standard InChI is InChI=1S/C15H21BrClNO2S/c1-18(13-6-4-2-3-5-7-13)21(19,20)15-9-8-12(11-17)10-14(15)16/h8-10,13H,2-7,11H2,1H3. The van der Waals surface area contributed by atoms with Gasteiger partial charge in [-0.3, -0.25) is 0 Å². The maximum Gasteiger partial charge on any atom is 0.244 e. The van der Waals surface area contributed by atoms with E-state index in [2.05, 4.69) is 15.9 Å². The zero-order chi connectivity index (χ0) is 15.5. The highest BCUT2D eigenvalue weighted by atomic mass is 79.9. The molecule has 0 aliphatic heterocycles. The molecular formula is C15H21BrClNO2S. The second-order valence-corrected chi connectivity index (χ2v) is 8.65. The van der Waals surface area contributed by atoms with Crippen molar-refractivity contribution in [2.24, 2.45) is 0 Å². The van der Waals surface area contributed by atoms with Gasteiger partial charge in [0, 0.05) is 23.4 Å². The lowest BCUT2D eigenvalue weighted by molar-refractivity contribution is 0.335. The molecule has 0 atom stereocenters. The summed E-state index contributed by atoms with van der Waals surface area (Å²) in [6.45, 7) is 0. The summed E-state index contributed by atoms with van der Waals surface area (Å²) >= 11 is 9.15. The van der Waals surface area contributed by atoms with E-state index in [4.69, 9.17) is 11.6 Å². The van der Waals surface area contributed by atoms with Crippen LogP contribution in [0.1, 0.15) is 44.1 Å². The van der Waals surface area contributed by atoms with E-state index in [1.807, 2.05) is 0 Å². The highest BCUT2D eigenvalue weighted by molar-refractivity contribution is 9.10. The van der Waals surface area contributed by atoms with Crippen LogP contribution in [0.2, 0.25) is 0 Å². The van der Waals surface area contributed by atoms with Gasteiger partial charge < -0.3 is 0 Å². The highest BCUT2D eigenvalue weighted by Gasteiger charge is 2.29. The van der Waals surface area contributed by atoms with Gasteiger partial charge in [0.25, 0.3) is 0 Å². The normalized spacial score (nSPS) is 17.9. The molecule has 0 amide bonds. The summed E-state index contributed by atoms with van der Waals surface area (Å²) in [5, 5.41) is 0. The minimum Gasteiger partial charge on any atom is -0.207 e. The van der Waals surface area contributed by atoms with Gasteiger partial charge in [-0.2, -0.15) is 4.31 Å². The molecule has 1 saturated carbocycles. The predicted octanol–water partition coefficient (Wildman–Crippen LogP) is 4.53. The molecule has 0 unspecified atom stereocenters. The van der Waals surface area contributed by atoms with Gasteiger partial charge in [0.05, 0.1) is 4.90 Å². The average Bonchev–Trinajstić information content (AvgIpc) is 2.74. The Kier molecular flexibility index (Phi) is 6.12. The van der Waals surface area contributed by atoms with Gasteiger partial charge in [0.1, 0.15) is 0 Å². The zero-order valence-electron chi connectivity index (χ0n) is 12.2. The Hall–Kier alpha value is -0.100. The van der Waals surface area contributed by atoms with Crippen molar-refractivity contribution in [3.8, 4) is 0 Å². The fourth-order valence-corrected chi connectivity index (χ4v) is 5.47. The van der Waals surface area contributed by atoms with E-state index in [-0.39, 0.29) is 6.04 Å². The molecule has 0 spiro atoms. The number of benzene rings is 1. The van der Waals surface area contributed by atoms with E-state index in [1.165, 1.54) is 12.8 Å². The van der Waals surface area contributed by atoms with E-state index < -0.39 is 10.0 Å². The quantitative estimate of drug-likeness (QED) is 0.555. The minimum absolute atomic E-state index is 0.108. The molecule has 0 saturated heterocycles. The van der Waals surface area contributed by atoms with Crippen LogP contribution in [-0.2, 0) is 15.9 Å². The van der Waals surface area contributed by atoms with Crippen molar-refractivity contribution in [3.05, 3.63) is 28.2 Å². The Morgan fingerprint density at radius 1 is 1.24 bits per heavy atom. The first-order valence-electron chi connectivity index (χ1n) is 7.29. The van der Waals surface area contributed by atoms with Crippen LogP contribution >= 0.6 is 27.5 Å². The van der Waals surface area contributed by atoms with Gasteiger partial charge >= 0.3 is 0 Å². The van der Waals surface area contributed by atoms with Crippen LogP contribution in [0.5, 0.6) is 0 Å². The lowest BCUT2D eigenvalue weighted by Gasteiger charge is -2.27. The Bertz CT molecular complexity index is 583. The summed E-state index contributed by atoms with van der Waals surface area (Å²) < 4.78 is 27.8. The van der Waals surface area contributed by atoms with Crippen molar-refractivity contribution >= 4 is 37.6 Å². The third-order valence-corrected chi connectivity index (χ3v) is 7.34. The van der Waals surface area contributed by atoms with Gasteiger partial charge in [0.15, 0.2) is 0 Å². The number of halogens is 2. The number of rotatable bonds is 4. The largest absolute Gasteiger partial charge is 0.244 e. The number of hydrogen-bond acceptors (Lipinski definition) is 2. The molecule has 2 rings (SSSR count). The number of hydrogen-bond donors (Lipinski definition) is 0. The molecule has 3 nitrogen and oxygen atoms in total. The summed E-state index contributed by atoms with van der Waals surface area (Å²) in [5.41, 5.74) is 0.902. The van der Waals surface area contributed by atoms with Crippen LogP contribution in [0.15, 0.2) is 27.6 Å². The van der Waals surface area contributed by atoms with Crippen molar-refractivity contribution < 1.29 is 8.42 Å². The fourth-order valence-electron chi connectivity index (χ4n) is 2.81.